The van der Waals surface area contributed by atoms with Crippen molar-refractivity contribution in [1.82, 2.24) is 9.88 Å². The molecule has 4 rings (SSSR count). The number of aromatic nitrogens is 1. The molecule has 4 heteroatoms. The molecule has 3 heterocycles. The van der Waals surface area contributed by atoms with E-state index in [1.165, 1.54) is 49.3 Å². The number of fused-ring (bicyclic) bond motifs is 1. The highest BCUT2D eigenvalue weighted by atomic mass is 32.1. The molecule has 18 heavy (non-hydrogen) atoms. The second-order valence-corrected chi connectivity index (χ2v) is 6.86. The van der Waals surface area contributed by atoms with Gasteiger partial charge in [-0.25, -0.2) is 4.98 Å². The van der Waals surface area contributed by atoms with Crippen LogP contribution in [-0.2, 0) is 11.3 Å². The minimum absolute atomic E-state index is 0.561. The summed E-state index contributed by atoms with van der Waals surface area (Å²) in [7, 11) is 0. The summed E-state index contributed by atoms with van der Waals surface area (Å²) in [6.07, 6.45) is 5.76. The smallest absolute Gasteiger partial charge is 0.0798 e. The van der Waals surface area contributed by atoms with Crippen molar-refractivity contribution in [1.29, 1.82) is 0 Å². The highest BCUT2D eigenvalue weighted by molar-refractivity contribution is 7.09. The Bertz CT molecular complexity index is 429. The van der Waals surface area contributed by atoms with Crippen LogP contribution in [0.2, 0.25) is 0 Å². The monoisotopic (exact) mass is 264 g/mol. The topological polar surface area (TPSA) is 25.4 Å². The van der Waals surface area contributed by atoms with E-state index in [0.29, 0.717) is 6.10 Å². The molecule has 0 radical (unpaired) electrons. The van der Waals surface area contributed by atoms with E-state index in [1.807, 2.05) is 16.8 Å². The molecule has 3 fully saturated rings. The summed E-state index contributed by atoms with van der Waals surface area (Å²) in [5, 5.41) is 0. The molecule has 0 bridgehead atoms. The molecule has 98 valence electrons. The van der Waals surface area contributed by atoms with Crippen molar-refractivity contribution in [2.24, 2.45) is 5.92 Å². The molecule has 1 aromatic rings. The fraction of sp³-hybridized carbons (Fsp3) is 0.786. The van der Waals surface area contributed by atoms with E-state index in [2.05, 4.69) is 9.88 Å². The maximum Gasteiger partial charge on any atom is 0.0798 e. The summed E-state index contributed by atoms with van der Waals surface area (Å²) in [4.78, 5) is 8.72. The number of hydrogen-bond acceptors (Lipinski definition) is 4. The molecule has 0 N–H and O–H groups in total. The lowest BCUT2D eigenvalue weighted by molar-refractivity contribution is 0.0330. The van der Waals surface area contributed by atoms with Crippen molar-refractivity contribution in [3.8, 4) is 0 Å². The van der Waals surface area contributed by atoms with Crippen LogP contribution in [0, 0.1) is 5.92 Å². The Morgan fingerprint density at radius 3 is 3.17 bits per heavy atom. The SMILES string of the molecule is c1nc(C2CC2)c(CN2CC[C@@H]3OCC[C@@H]3C2)s1. The number of piperidine rings is 1. The first kappa shape index (κ1) is 11.4. The summed E-state index contributed by atoms with van der Waals surface area (Å²) in [5.74, 6) is 1.58. The highest BCUT2D eigenvalue weighted by Crippen LogP contribution is 2.42. The molecule has 0 aromatic carbocycles. The predicted octanol–water partition coefficient (Wildman–Crippen LogP) is 2.63. The molecule has 1 aliphatic carbocycles. The molecular formula is C14H20N2OS. The van der Waals surface area contributed by atoms with Crippen LogP contribution >= 0.6 is 11.3 Å². The van der Waals surface area contributed by atoms with Gasteiger partial charge in [0.05, 0.1) is 17.3 Å². The lowest BCUT2D eigenvalue weighted by Gasteiger charge is -2.33. The summed E-state index contributed by atoms with van der Waals surface area (Å²) in [5.41, 5.74) is 3.44. The van der Waals surface area contributed by atoms with Gasteiger partial charge in [0, 0.05) is 43.0 Å². The van der Waals surface area contributed by atoms with E-state index in [1.54, 1.807) is 0 Å². The average molecular weight is 264 g/mol. The van der Waals surface area contributed by atoms with Crippen molar-refractivity contribution >= 4 is 11.3 Å². The molecule has 3 nitrogen and oxygen atoms in total. The summed E-state index contributed by atoms with van der Waals surface area (Å²) < 4.78 is 5.78. The van der Waals surface area contributed by atoms with Crippen molar-refractivity contribution in [3.05, 3.63) is 16.1 Å². The molecule has 1 aromatic heterocycles. The fourth-order valence-corrected chi connectivity index (χ4v) is 4.28. The van der Waals surface area contributed by atoms with E-state index in [9.17, 15) is 0 Å². The van der Waals surface area contributed by atoms with Gasteiger partial charge in [0.1, 0.15) is 0 Å². The van der Waals surface area contributed by atoms with Crippen LogP contribution in [0.5, 0.6) is 0 Å². The van der Waals surface area contributed by atoms with Gasteiger partial charge in [0.15, 0.2) is 0 Å². The van der Waals surface area contributed by atoms with Crippen LogP contribution in [0.15, 0.2) is 5.51 Å². The number of likely N-dealkylation sites (tertiary alicyclic amines) is 1. The van der Waals surface area contributed by atoms with Crippen molar-refractivity contribution in [3.63, 3.8) is 0 Å². The second kappa shape index (κ2) is 4.58. The van der Waals surface area contributed by atoms with Gasteiger partial charge in [0.2, 0.25) is 0 Å². The van der Waals surface area contributed by atoms with Crippen LogP contribution in [0.3, 0.4) is 0 Å². The minimum Gasteiger partial charge on any atom is -0.378 e. The Morgan fingerprint density at radius 2 is 2.28 bits per heavy atom. The zero-order valence-electron chi connectivity index (χ0n) is 10.7. The van der Waals surface area contributed by atoms with Gasteiger partial charge in [0.25, 0.3) is 0 Å². The van der Waals surface area contributed by atoms with Gasteiger partial charge in [-0.05, 0) is 25.7 Å². The molecule has 3 aliphatic rings. The standard InChI is InChI=1S/C14H20N2OS/c1-2-10(1)14-13(18-9-15-14)8-16-5-3-12-11(7-16)4-6-17-12/h9-12H,1-8H2/t11-,12+/m1/s1. The lowest BCUT2D eigenvalue weighted by Crippen LogP contribution is -2.40. The maximum absolute atomic E-state index is 5.78. The van der Waals surface area contributed by atoms with Crippen LogP contribution in [-0.4, -0.2) is 35.7 Å². The summed E-state index contributed by atoms with van der Waals surface area (Å²) in [6, 6.07) is 0. The normalized spacial score (nSPS) is 32.7. The van der Waals surface area contributed by atoms with Gasteiger partial charge in [-0.1, -0.05) is 0 Å². The van der Waals surface area contributed by atoms with E-state index < -0.39 is 0 Å². The van der Waals surface area contributed by atoms with Crippen molar-refractivity contribution in [2.75, 3.05) is 19.7 Å². The first-order valence-corrected chi connectivity index (χ1v) is 8.04. The number of rotatable bonds is 3. The zero-order chi connectivity index (χ0) is 11.9. The second-order valence-electron chi connectivity index (χ2n) is 5.92. The minimum atomic E-state index is 0.561. The van der Waals surface area contributed by atoms with Crippen molar-refractivity contribution < 1.29 is 4.74 Å². The predicted molar refractivity (Wildman–Crippen MR) is 71.8 cm³/mol. The number of nitrogens with zero attached hydrogens (tertiary/aromatic N) is 2. The fourth-order valence-electron chi connectivity index (χ4n) is 3.39. The third kappa shape index (κ3) is 2.10. The molecule has 0 spiro atoms. The number of thiazole rings is 1. The Labute approximate surface area is 112 Å². The van der Waals surface area contributed by atoms with E-state index in [0.717, 1.165) is 25.0 Å². The van der Waals surface area contributed by atoms with Gasteiger partial charge in [-0.15, -0.1) is 11.3 Å². The van der Waals surface area contributed by atoms with Gasteiger partial charge < -0.3 is 4.74 Å². The highest BCUT2D eigenvalue weighted by Gasteiger charge is 2.35. The molecule has 2 aliphatic heterocycles. The van der Waals surface area contributed by atoms with Gasteiger partial charge >= 0.3 is 0 Å². The third-order valence-corrected chi connectivity index (χ3v) is 5.41. The van der Waals surface area contributed by atoms with Crippen LogP contribution < -0.4 is 0 Å². The van der Waals surface area contributed by atoms with Gasteiger partial charge in [-0.2, -0.15) is 0 Å². The maximum atomic E-state index is 5.78. The first-order valence-electron chi connectivity index (χ1n) is 7.16. The largest absolute Gasteiger partial charge is 0.378 e. The Morgan fingerprint density at radius 1 is 1.33 bits per heavy atom. The molecule has 1 saturated carbocycles. The van der Waals surface area contributed by atoms with Gasteiger partial charge in [-0.3, -0.25) is 4.90 Å². The summed E-state index contributed by atoms with van der Waals surface area (Å²) >= 11 is 1.85. The Balaban J connectivity index is 1.43. The number of ether oxygens (including phenoxy) is 1. The van der Waals surface area contributed by atoms with Crippen molar-refractivity contribution in [2.45, 2.75) is 44.2 Å². The molecule has 2 saturated heterocycles. The quantitative estimate of drug-likeness (QED) is 0.839. The van der Waals surface area contributed by atoms with E-state index in [4.69, 9.17) is 4.74 Å². The number of hydrogen-bond donors (Lipinski definition) is 0. The van der Waals surface area contributed by atoms with E-state index in [-0.39, 0.29) is 0 Å². The molecule has 2 atom stereocenters. The zero-order valence-corrected chi connectivity index (χ0v) is 11.5. The van der Waals surface area contributed by atoms with Crippen LogP contribution in [0.1, 0.15) is 42.2 Å². The van der Waals surface area contributed by atoms with Crippen LogP contribution in [0.4, 0.5) is 0 Å². The average Bonchev–Trinajstić information content (AvgIpc) is 2.95. The molecule has 0 unspecified atom stereocenters. The summed E-state index contributed by atoms with van der Waals surface area (Å²) in [6.45, 7) is 4.53. The molecule has 0 amide bonds. The van der Waals surface area contributed by atoms with E-state index >= 15 is 0 Å². The van der Waals surface area contributed by atoms with Crippen LogP contribution in [0.25, 0.3) is 0 Å². The molecular weight excluding hydrogens is 244 g/mol. The Hall–Kier alpha value is -0.450. The Kier molecular flexibility index (Phi) is 2.90. The first-order chi connectivity index (χ1) is 8.90. The third-order valence-electron chi connectivity index (χ3n) is 4.57. The lowest BCUT2D eigenvalue weighted by atomic mass is 9.94.